The molecule has 0 amide bonds. The van der Waals surface area contributed by atoms with Gasteiger partial charge in [-0.15, -0.1) is 0 Å². The van der Waals surface area contributed by atoms with Crippen LogP contribution in [0.5, 0.6) is 0 Å². The summed E-state index contributed by atoms with van der Waals surface area (Å²) in [6.45, 7) is 4.98. The van der Waals surface area contributed by atoms with E-state index in [9.17, 15) is 18.3 Å². The van der Waals surface area contributed by atoms with Crippen molar-refractivity contribution in [1.29, 1.82) is 0 Å². The van der Waals surface area contributed by atoms with E-state index in [1.54, 1.807) is 6.92 Å². The topological polar surface area (TPSA) is 105 Å². The van der Waals surface area contributed by atoms with E-state index in [-0.39, 0.29) is 22.6 Å². The van der Waals surface area contributed by atoms with Gasteiger partial charge in [-0.25, -0.2) is 17.9 Å². The fourth-order valence-corrected chi connectivity index (χ4v) is 4.18. The lowest BCUT2D eigenvalue weighted by Crippen LogP contribution is -2.32. The van der Waals surface area contributed by atoms with Gasteiger partial charge in [0.2, 0.25) is 10.0 Å². The van der Waals surface area contributed by atoms with Gasteiger partial charge < -0.3 is 15.2 Å². The number of nitrogens with one attached hydrogen (secondary N) is 2. The van der Waals surface area contributed by atoms with Gasteiger partial charge in [-0.3, -0.25) is 0 Å². The van der Waals surface area contributed by atoms with Crippen LogP contribution < -0.4 is 10.0 Å². The Morgan fingerprint density at radius 1 is 1.44 bits per heavy atom. The molecular formula is C17H26N2O5S. The van der Waals surface area contributed by atoms with E-state index in [0.29, 0.717) is 18.7 Å². The molecule has 2 atom stereocenters. The summed E-state index contributed by atoms with van der Waals surface area (Å²) in [5.74, 6) is -1.17. The van der Waals surface area contributed by atoms with Crippen LogP contribution in [0.3, 0.4) is 0 Å². The van der Waals surface area contributed by atoms with E-state index in [1.807, 2.05) is 6.92 Å². The highest BCUT2D eigenvalue weighted by Crippen LogP contribution is 2.22. The van der Waals surface area contributed by atoms with Gasteiger partial charge in [0.25, 0.3) is 0 Å². The molecule has 1 fully saturated rings. The van der Waals surface area contributed by atoms with Gasteiger partial charge in [-0.1, -0.05) is 13.3 Å². The Kier molecular flexibility index (Phi) is 6.80. The zero-order valence-corrected chi connectivity index (χ0v) is 15.4. The van der Waals surface area contributed by atoms with Crippen molar-refractivity contribution in [2.24, 2.45) is 0 Å². The maximum absolute atomic E-state index is 12.4. The molecule has 0 aromatic heterocycles. The average Bonchev–Trinajstić information content (AvgIpc) is 3.05. The molecule has 0 aliphatic carbocycles. The van der Waals surface area contributed by atoms with Crippen molar-refractivity contribution in [3.05, 3.63) is 23.8 Å². The molecule has 140 valence electrons. The second-order valence-corrected chi connectivity index (χ2v) is 8.05. The number of carbonyl (C=O) groups is 1. The van der Waals surface area contributed by atoms with Crippen molar-refractivity contribution < 1.29 is 23.1 Å². The summed E-state index contributed by atoms with van der Waals surface area (Å²) in [6, 6.07) is 3.91. The van der Waals surface area contributed by atoms with Crippen LogP contribution in [0.15, 0.2) is 23.1 Å². The SMILES string of the molecule is CCC[C@H](C)NS(=O)(=O)c1ccc(NC[C@@H]2CCCO2)c(C(=O)O)c1. The maximum atomic E-state index is 12.4. The molecule has 0 radical (unpaired) electrons. The molecule has 2 rings (SSSR count). The van der Waals surface area contributed by atoms with Crippen molar-refractivity contribution in [2.75, 3.05) is 18.5 Å². The number of benzene rings is 1. The van der Waals surface area contributed by atoms with Crippen LogP contribution in [0.25, 0.3) is 0 Å². The molecule has 0 spiro atoms. The van der Waals surface area contributed by atoms with Gasteiger partial charge in [-0.2, -0.15) is 0 Å². The molecule has 0 saturated carbocycles. The van der Waals surface area contributed by atoms with Crippen LogP contribution >= 0.6 is 0 Å². The molecule has 7 nitrogen and oxygen atoms in total. The zero-order chi connectivity index (χ0) is 18.4. The van der Waals surface area contributed by atoms with Gasteiger partial charge >= 0.3 is 5.97 Å². The predicted octanol–water partition coefficient (Wildman–Crippen LogP) is 2.44. The zero-order valence-electron chi connectivity index (χ0n) is 14.6. The first-order valence-electron chi connectivity index (χ1n) is 8.58. The first-order valence-corrected chi connectivity index (χ1v) is 10.1. The minimum absolute atomic E-state index is 0.0458. The number of hydrogen-bond acceptors (Lipinski definition) is 5. The summed E-state index contributed by atoms with van der Waals surface area (Å²) in [5, 5.41) is 12.5. The second kappa shape index (κ2) is 8.64. The lowest BCUT2D eigenvalue weighted by atomic mass is 10.1. The molecule has 0 unspecified atom stereocenters. The Morgan fingerprint density at radius 3 is 2.80 bits per heavy atom. The molecule has 1 saturated heterocycles. The first kappa shape index (κ1) is 19.7. The largest absolute Gasteiger partial charge is 0.478 e. The third-order valence-corrected chi connectivity index (χ3v) is 5.74. The summed E-state index contributed by atoms with van der Waals surface area (Å²) < 4.78 is 32.9. The molecule has 1 aliphatic rings. The summed E-state index contributed by atoms with van der Waals surface area (Å²) in [7, 11) is -3.75. The van der Waals surface area contributed by atoms with Crippen LogP contribution in [0.1, 0.15) is 49.9 Å². The standard InChI is InChI=1S/C17H26N2O5S/c1-3-5-12(2)19-25(22,23)14-7-8-16(15(10-14)17(20)21)18-11-13-6-4-9-24-13/h7-8,10,12-13,18-19H,3-6,9,11H2,1-2H3,(H,20,21)/t12-,13-/m0/s1. The van der Waals surface area contributed by atoms with E-state index in [2.05, 4.69) is 10.0 Å². The van der Waals surface area contributed by atoms with E-state index >= 15 is 0 Å². The predicted molar refractivity (Wildman–Crippen MR) is 95.6 cm³/mol. The van der Waals surface area contributed by atoms with Crippen LogP contribution in [-0.4, -0.2) is 44.8 Å². The third-order valence-electron chi connectivity index (χ3n) is 4.15. The number of carboxylic acid groups (broad SMARTS) is 1. The van der Waals surface area contributed by atoms with Crippen molar-refractivity contribution in [3.8, 4) is 0 Å². The molecule has 1 aliphatic heterocycles. The Labute approximate surface area is 148 Å². The van der Waals surface area contributed by atoms with Crippen LogP contribution in [0, 0.1) is 0 Å². The van der Waals surface area contributed by atoms with Crippen molar-refractivity contribution in [1.82, 2.24) is 4.72 Å². The minimum atomic E-state index is -3.75. The van der Waals surface area contributed by atoms with Crippen LogP contribution in [0.4, 0.5) is 5.69 Å². The minimum Gasteiger partial charge on any atom is -0.478 e. The lowest BCUT2D eigenvalue weighted by molar-refractivity contribution is 0.0697. The summed E-state index contributed by atoms with van der Waals surface area (Å²) in [5.41, 5.74) is 0.326. The van der Waals surface area contributed by atoms with Crippen LogP contribution in [-0.2, 0) is 14.8 Å². The quantitative estimate of drug-likeness (QED) is 0.617. The maximum Gasteiger partial charge on any atom is 0.337 e. The highest BCUT2D eigenvalue weighted by molar-refractivity contribution is 7.89. The van der Waals surface area contributed by atoms with Gasteiger partial charge in [0, 0.05) is 24.9 Å². The molecule has 1 aromatic carbocycles. The van der Waals surface area contributed by atoms with Crippen molar-refractivity contribution >= 4 is 21.7 Å². The Hall–Kier alpha value is -1.64. The second-order valence-electron chi connectivity index (χ2n) is 6.34. The molecule has 25 heavy (non-hydrogen) atoms. The highest BCUT2D eigenvalue weighted by Gasteiger charge is 2.22. The molecule has 0 bridgehead atoms. The number of anilines is 1. The van der Waals surface area contributed by atoms with Crippen LogP contribution in [0.2, 0.25) is 0 Å². The highest BCUT2D eigenvalue weighted by atomic mass is 32.2. The number of carboxylic acids is 1. The van der Waals surface area contributed by atoms with Gasteiger partial charge in [0.05, 0.1) is 16.6 Å². The molecule has 1 heterocycles. The third kappa shape index (κ3) is 5.42. The number of ether oxygens (including phenoxy) is 1. The monoisotopic (exact) mass is 370 g/mol. The van der Waals surface area contributed by atoms with Gasteiger partial charge in [0.1, 0.15) is 0 Å². The first-order chi connectivity index (χ1) is 11.8. The molecule has 1 aromatic rings. The van der Waals surface area contributed by atoms with Gasteiger partial charge in [-0.05, 0) is 44.4 Å². The smallest absolute Gasteiger partial charge is 0.337 e. The van der Waals surface area contributed by atoms with E-state index in [1.165, 1.54) is 18.2 Å². The average molecular weight is 370 g/mol. The normalized spacial score (nSPS) is 18.9. The summed E-state index contributed by atoms with van der Waals surface area (Å²) in [4.78, 5) is 11.5. The van der Waals surface area contributed by atoms with Crippen molar-refractivity contribution in [3.63, 3.8) is 0 Å². The van der Waals surface area contributed by atoms with Gasteiger partial charge in [0.15, 0.2) is 0 Å². The Balaban J connectivity index is 2.17. The van der Waals surface area contributed by atoms with E-state index < -0.39 is 16.0 Å². The number of hydrogen-bond donors (Lipinski definition) is 3. The Bertz CT molecular complexity index is 699. The number of sulfonamides is 1. The fourth-order valence-electron chi connectivity index (χ4n) is 2.88. The molecular weight excluding hydrogens is 344 g/mol. The lowest BCUT2D eigenvalue weighted by Gasteiger charge is -2.16. The molecule has 3 N–H and O–H groups in total. The number of aromatic carboxylic acids is 1. The number of rotatable bonds is 9. The van der Waals surface area contributed by atoms with E-state index in [0.717, 1.165) is 25.9 Å². The summed E-state index contributed by atoms with van der Waals surface area (Å²) >= 11 is 0. The van der Waals surface area contributed by atoms with E-state index in [4.69, 9.17) is 4.74 Å². The van der Waals surface area contributed by atoms with Crippen molar-refractivity contribution in [2.45, 2.75) is 56.6 Å². The summed E-state index contributed by atoms with van der Waals surface area (Å²) in [6.07, 6.45) is 3.56. The molecule has 8 heteroatoms. The fraction of sp³-hybridized carbons (Fsp3) is 0.588. The Morgan fingerprint density at radius 2 is 2.20 bits per heavy atom.